The van der Waals surface area contributed by atoms with Crippen LogP contribution < -0.4 is 0 Å². The molecule has 0 bridgehead atoms. The Hall–Kier alpha value is 0.492. The van der Waals surface area contributed by atoms with E-state index in [0.717, 1.165) is 65.8 Å². The van der Waals surface area contributed by atoms with E-state index in [0.29, 0.717) is 0 Å². The van der Waals surface area contributed by atoms with Crippen LogP contribution in [0.2, 0.25) is 10.6 Å². The maximum atomic E-state index is 6.49. The van der Waals surface area contributed by atoms with Crippen LogP contribution in [0.3, 0.4) is 0 Å². The van der Waals surface area contributed by atoms with Gasteiger partial charge in [-0.25, -0.2) is 0 Å². The van der Waals surface area contributed by atoms with E-state index < -0.39 is 14.5 Å². The largest absolute Gasteiger partial charge is 0.501 e. The van der Waals surface area contributed by atoms with Gasteiger partial charge in [-0.05, 0) is 91.3 Å². The first-order valence-corrected chi connectivity index (χ1v) is 16.0. The summed E-state index contributed by atoms with van der Waals surface area (Å²) in [5.74, 6) is 9.16. The van der Waals surface area contributed by atoms with Gasteiger partial charge in [-0.1, -0.05) is 78.3 Å². The van der Waals surface area contributed by atoms with E-state index in [2.05, 4.69) is 48.5 Å². The summed E-state index contributed by atoms with van der Waals surface area (Å²) in [6.45, 7) is 18.9. The summed E-state index contributed by atoms with van der Waals surface area (Å²) < 4.78 is 6.49. The van der Waals surface area contributed by atoms with Gasteiger partial charge in [0.2, 0.25) is 0 Å². The Morgan fingerprint density at radius 2 is 1.30 bits per heavy atom. The average Bonchev–Trinajstić information content (AvgIpc) is 2.71. The third-order valence-corrected chi connectivity index (χ3v) is 12.7. The van der Waals surface area contributed by atoms with Crippen molar-refractivity contribution in [2.75, 3.05) is 6.61 Å². The van der Waals surface area contributed by atoms with Crippen molar-refractivity contribution in [2.45, 2.75) is 110 Å². The van der Waals surface area contributed by atoms with Crippen LogP contribution in [0.1, 0.15) is 99.8 Å². The zero-order chi connectivity index (χ0) is 21.8. The van der Waals surface area contributed by atoms with Crippen molar-refractivity contribution in [1.29, 1.82) is 0 Å². The molecule has 2 heteroatoms. The van der Waals surface area contributed by atoms with Crippen LogP contribution >= 0.6 is 0 Å². The lowest BCUT2D eigenvalue weighted by Crippen LogP contribution is -2.43. The molecule has 0 spiro atoms. The molecule has 1 heterocycles. The van der Waals surface area contributed by atoms with Crippen LogP contribution in [0.25, 0.3) is 0 Å². The smallest absolute Gasteiger partial charge is 0.461 e. The fourth-order valence-electron chi connectivity index (χ4n) is 8.04. The fourth-order valence-corrected chi connectivity index (χ4v) is 11.2. The second-order valence-electron chi connectivity index (χ2n) is 12.7. The molecule has 8 atom stereocenters. The third-order valence-electron chi connectivity index (χ3n) is 9.86. The van der Waals surface area contributed by atoms with Gasteiger partial charge in [0, 0.05) is 6.61 Å². The van der Waals surface area contributed by atoms with Gasteiger partial charge >= 0.3 is 14.5 Å². The molecule has 3 fully saturated rings. The minimum absolute atomic E-state index is 0.845. The van der Waals surface area contributed by atoms with Crippen molar-refractivity contribution in [3.05, 3.63) is 0 Å². The molecule has 3 aliphatic rings. The van der Waals surface area contributed by atoms with Gasteiger partial charge in [-0.15, -0.1) is 0 Å². The quantitative estimate of drug-likeness (QED) is 0.367. The molecule has 0 aromatic rings. The topological polar surface area (TPSA) is 9.23 Å². The van der Waals surface area contributed by atoms with Crippen LogP contribution in [-0.4, -0.2) is 21.1 Å². The maximum absolute atomic E-state index is 6.49. The summed E-state index contributed by atoms with van der Waals surface area (Å²) in [5, 5.41) is 2.93. The molecule has 0 N–H and O–H groups in total. The number of rotatable bonds is 7. The second-order valence-corrected chi connectivity index (χ2v) is 15.4. The lowest BCUT2D eigenvalue weighted by atomic mass is 9.58. The summed E-state index contributed by atoms with van der Waals surface area (Å²) in [6, 6.07) is 0. The molecule has 1 saturated heterocycles. The zero-order valence-electron chi connectivity index (χ0n) is 21.5. The molecule has 1 aliphatic heterocycles. The molecule has 0 radical (unpaired) electrons. The Morgan fingerprint density at radius 3 is 1.83 bits per heavy atom. The lowest BCUT2D eigenvalue weighted by molar-refractivity contribution is 0.0152. The second kappa shape index (κ2) is 11.6. The fraction of sp³-hybridized carbons (Fsp3) is 1.00. The van der Waals surface area contributed by atoms with E-state index in [4.69, 9.17) is 3.79 Å². The summed E-state index contributed by atoms with van der Waals surface area (Å²) in [4.78, 5) is 0. The first kappa shape index (κ1) is 25.1. The molecule has 2 aliphatic carbocycles. The minimum Gasteiger partial charge on any atom is -0.501 e. The van der Waals surface area contributed by atoms with Crippen molar-refractivity contribution in [3.8, 4) is 0 Å². The number of hydrogen-bond acceptors (Lipinski definition) is 1. The van der Waals surface area contributed by atoms with Gasteiger partial charge in [0.15, 0.2) is 0 Å². The highest BCUT2D eigenvalue weighted by Gasteiger charge is 2.45. The van der Waals surface area contributed by atoms with Crippen LogP contribution in [0, 0.1) is 59.2 Å². The van der Waals surface area contributed by atoms with Crippen molar-refractivity contribution >= 4 is 14.5 Å². The molecular formula is C28H53AlO. The van der Waals surface area contributed by atoms with E-state index in [9.17, 15) is 0 Å². The molecule has 2 saturated carbocycles. The van der Waals surface area contributed by atoms with Crippen molar-refractivity contribution in [2.24, 2.45) is 59.2 Å². The molecule has 8 unspecified atom stereocenters. The molecular weight excluding hydrogens is 379 g/mol. The summed E-state index contributed by atoms with van der Waals surface area (Å²) >= 11 is -1.00. The predicted octanol–water partition coefficient (Wildman–Crippen LogP) is 8.46. The molecule has 0 aromatic carbocycles. The summed E-state index contributed by atoms with van der Waals surface area (Å²) in [7, 11) is 0. The van der Waals surface area contributed by atoms with E-state index in [1.54, 1.807) is 0 Å². The Kier molecular flexibility index (Phi) is 9.69. The molecule has 3 rings (SSSR count). The SMILES string of the molecule is CC1CCC(C(C)C)C(C(C)C([CH2][Al]2[CH2]CCC[O]2)C2CC(C)CCC2C(C)C)C1. The molecule has 174 valence electrons. The standard InChI is InChI=1S/C24H45.C4H8O.Al/c1-15(2)21-11-9-17(5)13-23(21)19(7)20(8)24-14-18(6)10-12-22(24)16(3)4;1-2-3-4-5;/h15-24H,7,9-14H2,1-6,8H3;1-4H2;/q;-1;+1. The van der Waals surface area contributed by atoms with Crippen molar-refractivity contribution in [3.63, 3.8) is 0 Å². The van der Waals surface area contributed by atoms with Gasteiger partial charge in [-0.2, -0.15) is 0 Å². The highest BCUT2D eigenvalue weighted by atomic mass is 27.2. The zero-order valence-corrected chi connectivity index (χ0v) is 22.7. The van der Waals surface area contributed by atoms with Crippen LogP contribution in [-0.2, 0) is 3.79 Å². The monoisotopic (exact) mass is 432 g/mol. The van der Waals surface area contributed by atoms with E-state index in [1.165, 1.54) is 61.9 Å². The maximum Gasteiger partial charge on any atom is 0.461 e. The van der Waals surface area contributed by atoms with E-state index in [1.807, 2.05) is 0 Å². The van der Waals surface area contributed by atoms with E-state index >= 15 is 0 Å². The Balaban J connectivity index is 1.86. The first-order valence-electron chi connectivity index (χ1n) is 13.9. The average molecular weight is 433 g/mol. The lowest BCUT2D eigenvalue weighted by Gasteiger charge is -2.49. The molecule has 0 aromatic heterocycles. The highest BCUT2D eigenvalue weighted by molar-refractivity contribution is 6.52. The van der Waals surface area contributed by atoms with Gasteiger partial charge in [0.25, 0.3) is 0 Å². The van der Waals surface area contributed by atoms with Crippen molar-refractivity contribution in [1.82, 2.24) is 0 Å². The predicted molar refractivity (Wildman–Crippen MR) is 133 cm³/mol. The Bertz CT molecular complexity index is 497. The molecule has 30 heavy (non-hydrogen) atoms. The van der Waals surface area contributed by atoms with Crippen LogP contribution in [0.4, 0.5) is 0 Å². The summed E-state index contributed by atoms with van der Waals surface area (Å²) in [6.07, 6.45) is 11.6. The Morgan fingerprint density at radius 1 is 0.733 bits per heavy atom. The van der Waals surface area contributed by atoms with Crippen molar-refractivity contribution < 1.29 is 3.79 Å². The molecule has 0 amide bonds. The minimum atomic E-state index is -1.00. The Labute approximate surface area is 194 Å². The van der Waals surface area contributed by atoms with Gasteiger partial charge in [0.1, 0.15) is 0 Å². The van der Waals surface area contributed by atoms with Gasteiger partial charge in [0.05, 0.1) is 0 Å². The van der Waals surface area contributed by atoms with Crippen LogP contribution in [0.5, 0.6) is 0 Å². The first-order chi connectivity index (χ1) is 14.3. The highest BCUT2D eigenvalue weighted by Crippen LogP contribution is 2.51. The van der Waals surface area contributed by atoms with Gasteiger partial charge in [-0.3, -0.25) is 0 Å². The third kappa shape index (κ3) is 6.29. The van der Waals surface area contributed by atoms with Gasteiger partial charge < -0.3 is 3.79 Å². The number of hydrogen-bond donors (Lipinski definition) is 0. The summed E-state index contributed by atoms with van der Waals surface area (Å²) in [5.41, 5.74) is 0. The van der Waals surface area contributed by atoms with Crippen LogP contribution in [0.15, 0.2) is 0 Å². The van der Waals surface area contributed by atoms with E-state index in [-0.39, 0.29) is 0 Å². The normalized spacial score (nSPS) is 38.1. The molecule has 1 nitrogen and oxygen atoms in total.